The molecular weight excluding hydrogens is 386 g/mol. The predicted molar refractivity (Wildman–Crippen MR) is 109 cm³/mol. The van der Waals surface area contributed by atoms with Crippen LogP contribution in [-0.4, -0.2) is 47.9 Å². The van der Waals surface area contributed by atoms with Crippen LogP contribution in [0.1, 0.15) is 33.7 Å². The maximum absolute atomic E-state index is 11.7. The van der Waals surface area contributed by atoms with E-state index in [1.54, 1.807) is 12.3 Å². The van der Waals surface area contributed by atoms with Gasteiger partial charge in [0.05, 0.1) is 12.1 Å². The van der Waals surface area contributed by atoms with Gasteiger partial charge in [-0.25, -0.2) is 19.6 Å². The van der Waals surface area contributed by atoms with Crippen molar-refractivity contribution >= 4 is 5.91 Å². The van der Waals surface area contributed by atoms with E-state index in [2.05, 4.69) is 15.1 Å². The third-order valence-corrected chi connectivity index (χ3v) is 4.87. The van der Waals surface area contributed by atoms with Gasteiger partial charge in [-0.1, -0.05) is 13.8 Å². The molecule has 1 unspecified atom stereocenters. The van der Waals surface area contributed by atoms with Crippen LogP contribution < -0.4 is 15.2 Å². The fourth-order valence-electron chi connectivity index (χ4n) is 3.40. The Kier molecular flexibility index (Phi) is 5.15. The molecule has 158 valence electrons. The topological polar surface area (TPSA) is 123 Å². The Bertz CT molecular complexity index is 1070. The number of primary amides is 1. The molecule has 1 aliphatic rings. The summed E-state index contributed by atoms with van der Waals surface area (Å²) in [6.07, 6.45) is 4.36. The average Bonchev–Trinajstić information content (AvgIpc) is 3.30. The van der Waals surface area contributed by atoms with E-state index >= 15 is 0 Å². The van der Waals surface area contributed by atoms with Crippen LogP contribution in [0.2, 0.25) is 0 Å². The summed E-state index contributed by atoms with van der Waals surface area (Å²) in [5, 5.41) is 4.29. The largest absolute Gasteiger partial charge is 0.491 e. The SMILES string of the molecule is CC(C)C(Oc1cc2c(cn1)-c1nc(-c3ncnn3C(C)C)cn1CCO2)C(N)=O. The van der Waals surface area contributed by atoms with E-state index in [1.165, 1.54) is 6.33 Å². The molecule has 1 aliphatic heterocycles. The first kappa shape index (κ1) is 19.9. The highest BCUT2D eigenvalue weighted by atomic mass is 16.5. The number of hydrogen-bond acceptors (Lipinski definition) is 7. The fraction of sp³-hybridized carbons (Fsp3) is 0.450. The molecule has 3 aromatic rings. The molecule has 1 atom stereocenters. The molecule has 4 rings (SSSR count). The van der Waals surface area contributed by atoms with E-state index in [9.17, 15) is 4.79 Å². The van der Waals surface area contributed by atoms with E-state index < -0.39 is 12.0 Å². The predicted octanol–water partition coefficient (Wildman–Crippen LogP) is 2.07. The zero-order valence-electron chi connectivity index (χ0n) is 17.4. The van der Waals surface area contributed by atoms with E-state index in [-0.39, 0.29) is 17.8 Å². The summed E-state index contributed by atoms with van der Waals surface area (Å²) in [5.41, 5.74) is 6.92. The molecule has 0 fully saturated rings. The molecule has 2 N–H and O–H groups in total. The third-order valence-electron chi connectivity index (χ3n) is 4.87. The number of hydrogen-bond donors (Lipinski definition) is 1. The molecule has 3 aromatic heterocycles. The van der Waals surface area contributed by atoms with Crippen molar-refractivity contribution in [3.8, 4) is 34.5 Å². The number of pyridine rings is 1. The third kappa shape index (κ3) is 3.60. The molecule has 10 heteroatoms. The molecular formula is C20H25N7O3. The first-order valence-electron chi connectivity index (χ1n) is 9.91. The van der Waals surface area contributed by atoms with Gasteiger partial charge in [-0.15, -0.1) is 0 Å². The lowest BCUT2D eigenvalue weighted by atomic mass is 10.1. The molecule has 0 aromatic carbocycles. The highest BCUT2D eigenvalue weighted by Gasteiger charge is 2.25. The lowest BCUT2D eigenvalue weighted by molar-refractivity contribution is -0.126. The van der Waals surface area contributed by atoms with Crippen molar-refractivity contribution in [2.24, 2.45) is 11.7 Å². The van der Waals surface area contributed by atoms with Crippen molar-refractivity contribution < 1.29 is 14.3 Å². The van der Waals surface area contributed by atoms with Crippen molar-refractivity contribution in [3.05, 3.63) is 24.8 Å². The van der Waals surface area contributed by atoms with Gasteiger partial charge in [-0.3, -0.25) is 4.79 Å². The van der Waals surface area contributed by atoms with Gasteiger partial charge in [-0.05, 0) is 19.8 Å². The molecule has 0 bridgehead atoms. The fourth-order valence-corrected chi connectivity index (χ4v) is 3.40. The van der Waals surface area contributed by atoms with Gasteiger partial charge in [0.2, 0.25) is 5.88 Å². The van der Waals surface area contributed by atoms with Crippen molar-refractivity contribution in [2.75, 3.05) is 6.61 Å². The highest BCUT2D eigenvalue weighted by Crippen LogP contribution is 2.35. The van der Waals surface area contributed by atoms with Gasteiger partial charge in [-0.2, -0.15) is 5.10 Å². The van der Waals surface area contributed by atoms with E-state index in [1.807, 2.05) is 43.1 Å². The second-order valence-electron chi connectivity index (χ2n) is 7.82. The minimum Gasteiger partial charge on any atom is -0.491 e. The molecule has 0 radical (unpaired) electrons. The zero-order valence-corrected chi connectivity index (χ0v) is 17.4. The molecule has 0 saturated heterocycles. The normalized spacial score (nSPS) is 14.1. The smallest absolute Gasteiger partial charge is 0.258 e. The first-order valence-corrected chi connectivity index (χ1v) is 9.91. The van der Waals surface area contributed by atoms with E-state index in [4.69, 9.17) is 20.2 Å². The zero-order chi connectivity index (χ0) is 21.4. The van der Waals surface area contributed by atoms with Crippen LogP contribution in [0.4, 0.5) is 0 Å². The summed E-state index contributed by atoms with van der Waals surface area (Å²) in [6, 6.07) is 1.84. The molecule has 10 nitrogen and oxygen atoms in total. The number of rotatable bonds is 6. The Balaban J connectivity index is 1.70. The van der Waals surface area contributed by atoms with Crippen LogP contribution in [0, 0.1) is 5.92 Å². The van der Waals surface area contributed by atoms with Gasteiger partial charge < -0.3 is 19.8 Å². The summed E-state index contributed by atoms with van der Waals surface area (Å²) in [4.78, 5) is 25.2. The Labute approximate surface area is 174 Å². The lowest BCUT2D eigenvalue weighted by Crippen LogP contribution is -2.38. The quantitative estimate of drug-likeness (QED) is 0.658. The maximum atomic E-state index is 11.7. The van der Waals surface area contributed by atoms with Gasteiger partial charge in [0.25, 0.3) is 5.91 Å². The minimum absolute atomic E-state index is 0.0798. The summed E-state index contributed by atoms with van der Waals surface area (Å²) in [6.45, 7) is 8.90. The van der Waals surface area contributed by atoms with Crippen LogP contribution in [0.25, 0.3) is 22.9 Å². The standard InChI is InChI=1S/C20H25N7O3/c1-11(2)17(18(21)28)30-16-7-15-13(8-22-16)19-25-14(9-26(19)5-6-29-15)20-23-10-24-27(20)12(3)4/h7-12,17H,5-6H2,1-4H3,(H2,21,28). The number of carbonyl (C=O) groups is 1. The van der Waals surface area contributed by atoms with Crippen molar-refractivity contribution in [3.63, 3.8) is 0 Å². The van der Waals surface area contributed by atoms with Crippen LogP contribution in [-0.2, 0) is 11.3 Å². The van der Waals surface area contributed by atoms with Gasteiger partial charge in [0.15, 0.2) is 11.9 Å². The minimum atomic E-state index is -0.766. The highest BCUT2D eigenvalue weighted by molar-refractivity contribution is 5.79. The average molecular weight is 411 g/mol. The number of ether oxygens (including phenoxy) is 2. The number of nitrogens with zero attached hydrogens (tertiary/aromatic N) is 6. The molecule has 30 heavy (non-hydrogen) atoms. The second kappa shape index (κ2) is 7.77. The molecule has 0 spiro atoms. The molecule has 1 amide bonds. The number of fused-ring (bicyclic) bond motifs is 3. The summed E-state index contributed by atoms with van der Waals surface area (Å²) >= 11 is 0. The first-order chi connectivity index (χ1) is 14.3. The van der Waals surface area contributed by atoms with Gasteiger partial charge >= 0.3 is 0 Å². The summed E-state index contributed by atoms with van der Waals surface area (Å²) in [7, 11) is 0. The number of carbonyl (C=O) groups excluding carboxylic acids is 1. The maximum Gasteiger partial charge on any atom is 0.258 e. The van der Waals surface area contributed by atoms with Gasteiger partial charge in [0.1, 0.15) is 30.2 Å². The van der Waals surface area contributed by atoms with Crippen LogP contribution in [0.15, 0.2) is 24.8 Å². The Morgan fingerprint density at radius 1 is 1.23 bits per heavy atom. The number of imidazole rings is 1. The second-order valence-corrected chi connectivity index (χ2v) is 7.82. The molecule has 4 heterocycles. The Morgan fingerprint density at radius 3 is 2.73 bits per heavy atom. The van der Waals surface area contributed by atoms with Crippen molar-refractivity contribution in [1.82, 2.24) is 29.3 Å². The van der Waals surface area contributed by atoms with Crippen LogP contribution >= 0.6 is 0 Å². The lowest BCUT2D eigenvalue weighted by Gasteiger charge is -2.19. The Morgan fingerprint density at radius 2 is 2.03 bits per heavy atom. The summed E-state index contributed by atoms with van der Waals surface area (Å²) in [5.74, 6) is 1.70. The van der Waals surface area contributed by atoms with Crippen molar-refractivity contribution in [2.45, 2.75) is 46.4 Å². The summed E-state index contributed by atoms with van der Waals surface area (Å²) < 4.78 is 15.5. The monoisotopic (exact) mass is 411 g/mol. The number of aromatic nitrogens is 6. The van der Waals surface area contributed by atoms with Crippen LogP contribution in [0.5, 0.6) is 11.6 Å². The Hall–Kier alpha value is -3.43. The van der Waals surface area contributed by atoms with Crippen molar-refractivity contribution in [1.29, 1.82) is 0 Å². The van der Waals surface area contributed by atoms with Crippen LogP contribution in [0.3, 0.4) is 0 Å². The van der Waals surface area contributed by atoms with E-state index in [0.29, 0.717) is 24.7 Å². The van der Waals surface area contributed by atoms with Gasteiger partial charge in [0, 0.05) is 24.5 Å². The molecule has 0 saturated carbocycles. The molecule has 0 aliphatic carbocycles. The number of nitrogens with two attached hydrogens (primary N) is 1. The number of amides is 1. The van der Waals surface area contributed by atoms with E-state index in [0.717, 1.165) is 17.1 Å².